The lowest BCUT2D eigenvalue weighted by atomic mass is 10.0. The number of methoxy groups -OCH3 is 1. The second-order valence-electron chi connectivity index (χ2n) is 8.56. The number of alkyl halides is 3. The fraction of sp³-hybridized carbons (Fsp3) is 0.269. The molecule has 0 saturated heterocycles. The van der Waals surface area contributed by atoms with Gasteiger partial charge in [0, 0.05) is 43.4 Å². The molecule has 0 spiro atoms. The Morgan fingerprint density at radius 3 is 2.50 bits per heavy atom. The average Bonchev–Trinajstić information content (AvgIpc) is 3.32. The lowest BCUT2D eigenvalue weighted by Crippen LogP contribution is -2.17. The zero-order valence-electron chi connectivity index (χ0n) is 20.6. The van der Waals surface area contributed by atoms with E-state index in [2.05, 4.69) is 25.4 Å². The molecule has 3 heterocycles. The van der Waals surface area contributed by atoms with Gasteiger partial charge >= 0.3 is 6.18 Å². The molecular formula is C26H24F4N6O2. The van der Waals surface area contributed by atoms with Gasteiger partial charge in [0.05, 0.1) is 43.2 Å². The summed E-state index contributed by atoms with van der Waals surface area (Å²) in [7, 11) is 1.62. The highest BCUT2D eigenvalue weighted by Gasteiger charge is 2.33. The molecule has 4 rings (SSSR count). The zero-order valence-corrected chi connectivity index (χ0v) is 20.6. The summed E-state index contributed by atoms with van der Waals surface area (Å²) in [5, 5.41) is 6.60. The van der Waals surface area contributed by atoms with Crippen LogP contribution >= 0.6 is 0 Å². The van der Waals surface area contributed by atoms with Crippen molar-refractivity contribution < 1.29 is 27.1 Å². The first-order chi connectivity index (χ1) is 18.1. The van der Waals surface area contributed by atoms with Crippen LogP contribution in [0.3, 0.4) is 0 Å². The smallest absolute Gasteiger partial charge is 0.383 e. The van der Waals surface area contributed by atoms with Crippen molar-refractivity contribution in [3.8, 4) is 11.1 Å². The number of aromatic nitrogens is 5. The molecule has 4 aromatic rings. The van der Waals surface area contributed by atoms with Gasteiger partial charge in [-0.1, -0.05) is 12.1 Å². The van der Waals surface area contributed by atoms with E-state index in [9.17, 15) is 22.4 Å². The number of hydrogen-bond donors (Lipinski definition) is 1. The molecule has 12 heteroatoms. The van der Waals surface area contributed by atoms with Gasteiger partial charge in [0.1, 0.15) is 11.6 Å². The van der Waals surface area contributed by atoms with Crippen molar-refractivity contribution >= 4 is 11.6 Å². The first kappa shape index (κ1) is 26.9. The predicted molar refractivity (Wildman–Crippen MR) is 131 cm³/mol. The molecule has 0 saturated carbocycles. The normalized spacial score (nSPS) is 11.5. The van der Waals surface area contributed by atoms with Crippen LogP contribution in [-0.4, -0.2) is 44.4 Å². The molecule has 0 atom stereocenters. The Balaban J connectivity index is 1.39. The number of anilines is 1. The number of amides is 1. The van der Waals surface area contributed by atoms with Crippen molar-refractivity contribution in [2.45, 2.75) is 32.5 Å². The molecule has 0 bridgehead atoms. The molecule has 1 N–H and O–H groups in total. The van der Waals surface area contributed by atoms with Gasteiger partial charge < -0.3 is 10.1 Å². The minimum Gasteiger partial charge on any atom is -0.383 e. The highest BCUT2D eigenvalue weighted by atomic mass is 19.4. The zero-order chi connectivity index (χ0) is 27.3. The van der Waals surface area contributed by atoms with Gasteiger partial charge in [-0.2, -0.15) is 18.3 Å². The number of benzene rings is 1. The van der Waals surface area contributed by atoms with Gasteiger partial charge in [-0.25, -0.2) is 14.4 Å². The van der Waals surface area contributed by atoms with Crippen LogP contribution in [0.4, 0.5) is 23.2 Å². The summed E-state index contributed by atoms with van der Waals surface area (Å²) in [5.41, 5.74) is 0.862. The van der Waals surface area contributed by atoms with E-state index in [1.807, 2.05) is 6.20 Å². The summed E-state index contributed by atoms with van der Waals surface area (Å²) >= 11 is 0. The van der Waals surface area contributed by atoms with Crippen LogP contribution in [0.5, 0.6) is 0 Å². The minimum atomic E-state index is -4.60. The molecule has 0 aliphatic heterocycles. The third-order valence-electron chi connectivity index (χ3n) is 5.69. The van der Waals surface area contributed by atoms with E-state index >= 15 is 0 Å². The number of ether oxygens (including phenoxy) is 1. The molecule has 0 aliphatic rings. The van der Waals surface area contributed by atoms with Crippen molar-refractivity contribution in [2.75, 3.05) is 19.0 Å². The van der Waals surface area contributed by atoms with E-state index in [1.54, 1.807) is 36.4 Å². The van der Waals surface area contributed by atoms with Gasteiger partial charge in [0.25, 0.3) is 0 Å². The number of hydrogen-bond acceptors (Lipinski definition) is 6. The highest BCUT2D eigenvalue weighted by molar-refractivity contribution is 5.92. The van der Waals surface area contributed by atoms with Gasteiger partial charge in [-0.15, -0.1) is 0 Å². The number of pyridine rings is 1. The summed E-state index contributed by atoms with van der Waals surface area (Å²) in [6.45, 7) is 2.42. The Morgan fingerprint density at radius 1 is 1.05 bits per heavy atom. The Bertz CT molecular complexity index is 1420. The number of aryl methyl sites for hydroxylation is 1. The molecule has 3 aromatic heterocycles. The molecule has 38 heavy (non-hydrogen) atoms. The van der Waals surface area contributed by atoms with Crippen molar-refractivity contribution in [3.05, 3.63) is 89.3 Å². The second kappa shape index (κ2) is 11.5. The van der Waals surface area contributed by atoms with Crippen molar-refractivity contribution in [1.82, 2.24) is 24.7 Å². The average molecular weight is 529 g/mol. The summed E-state index contributed by atoms with van der Waals surface area (Å²) < 4.78 is 60.8. The van der Waals surface area contributed by atoms with Crippen molar-refractivity contribution in [2.24, 2.45) is 0 Å². The Kier molecular flexibility index (Phi) is 8.10. The fourth-order valence-corrected chi connectivity index (χ4v) is 3.72. The van der Waals surface area contributed by atoms with E-state index in [4.69, 9.17) is 4.74 Å². The maximum absolute atomic E-state index is 14.8. The largest absolute Gasteiger partial charge is 0.418 e. The minimum absolute atomic E-state index is 0.0883. The summed E-state index contributed by atoms with van der Waals surface area (Å²) in [5.74, 6) is -0.732. The van der Waals surface area contributed by atoms with Crippen LogP contribution in [0.2, 0.25) is 0 Å². The Labute approximate surface area is 215 Å². The molecule has 1 aromatic carbocycles. The van der Waals surface area contributed by atoms with E-state index in [0.29, 0.717) is 36.5 Å². The third kappa shape index (κ3) is 6.76. The molecule has 198 valence electrons. The number of rotatable bonds is 9. The molecule has 8 nitrogen and oxygen atoms in total. The Morgan fingerprint density at radius 2 is 1.82 bits per heavy atom. The first-order valence-electron chi connectivity index (χ1n) is 11.6. The third-order valence-corrected chi connectivity index (χ3v) is 5.69. The molecule has 0 fully saturated rings. The Hall–Kier alpha value is -4.19. The number of halogens is 4. The van der Waals surface area contributed by atoms with Crippen LogP contribution in [0.25, 0.3) is 11.1 Å². The van der Waals surface area contributed by atoms with Gasteiger partial charge in [0.2, 0.25) is 5.91 Å². The molecular weight excluding hydrogens is 504 g/mol. The van der Waals surface area contributed by atoms with Crippen LogP contribution < -0.4 is 5.32 Å². The monoisotopic (exact) mass is 528 g/mol. The van der Waals surface area contributed by atoms with Crippen LogP contribution in [0.15, 0.2) is 55.2 Å². The molecule has 0 unspecified atom stereocenters. The summed E-state index contributed by atoms with van der Waals surface area (Å²) in [6.07, 6.45) is 3.44. The van der Waals surface area contributed by atoms with E-state index in [1.165, 1.54) is 19.1 Å². The number of nitrogens with zero attached hydrogens (tertiary/aromatic N) is 5. The van der Waals surface area contributed by atoms with Crippen LogP contribution in [0.1, 0.15) is 28.2 Å². The van der Waals surface area contributed by atoms with E-state index in [-0.39, 0.29) is 23.4 Å². The van der Waals surface area contributed by atoms with Crippen LogP contribution in [-0.2, 0) is 35.1 Å². The maximum Gasteiger partial charge on any atom is 0.418 e. The van der Waals surface area contributed by atoms with Crippen molar-refractivity contribution in [3.63, 3.8) is 0 Å². The van der Waals surface area contributed by atoms with Crippen molar-refractivity contribution in [1.29, 1.82) is 0 Å². The molecule has 0 aliphatic carbocycles. The van der Waals surface area contributed by atoms with E-state index < -0.39 is 23.5 Å². The van der Waals surface area contributed by atoms with E-state index in [0.717, 1.165) is 17.8 Å². The lowest BCUT2D eigenvalue weighted by molar-refractivity contribution is -0.138. The van der Waals surface area contributed by atoms with Gasteiger partial charge in [-0.3, -0.25) is 14.5 Å². The topological polar surface area (TPSA) is 94.8 Å². The quantitative estimate of drug-likeness (QED) is 0.319. The lowest BCUT2D eigenvalue weighted by Gasteiger charge is -2.12. The maximum atomic E-state index is 14.8. The standard InChI is InChI=1S/C26H24F4N6O2/c1-16-22(26(28,29)30)10-21(14-31-16)35-25(37)9-19-4-3-18(8-23(19)27)20-12-32-24(33-13-20)7-17-11-34-36(15-17)5-6-38-2/h3-4,8,10-15H,5-7,9H2,1-2H3,(H,35,37). The molecule has 1 amide bonds. The SMILES string of the molecule is COCCn1cc(Cc2ncc(-c3ccc(CC(=O)Nc4cnc(C)c(C(F)(F)F)c4)c(F)c3)cn2)cn1. The summed E-state index contributed by atoms with van der Waals surface area (Å²) in [6, 6.07) is 5.13. The van der Waals surface area contributed by atoms with Gasteiger partial charge in [-0.05, 0) is 35.7 Å². The predicted octanol–water partition coefficient (Wildman–Crippen LogP) is 4.62. The summed E-state index contributed by atoms with van der Waals surface area (Å²) in [4.78, 5) is 24.7. The fourth-order valence-electron chi connectivity index (χ4n) is 3.72. The number of carbonyl (C=O) groups is 1. The highest BCUT2D eigenvalue weighted by Crippen LogP contribution is 2.32. The number of nitrogens with one attached hydrogen (secondary N) is 1. The molecule has 0 radical (unpaired) electrons. The second-order valence-corrected chi connectivity index (χ2v) is 8.56. The van der Waals surface area contributed by atoms with Gasteiger partial charge in [0.15, 0.2) is 0 Å². The first-order valence-corrected chi connectivity index (χ1v) is 11.6. The number of carbonyl (C=O) groups excluding carboxylic acids is 1. The van der Waals surface area contributed by atoms with Crippen LogP contribution in [0, 0.1) is 12.7 Å².